The molecule has 49 heavy (non-hydrogen) atoms. The van der Waals surface area contributed by atoms with Crippen LogP contribution in [0.4, 0.5) is 37.7 Å². The molecule has 0 saturated heterocycles. The Kier molecular flexibility index (Phi) is 10.6. The normalized spacial score (nSPS) is 13.4. The van der Waals surface area contributed by atoms with Gasteiger partial charge in [-0.2, -0.15) is 26.3 Å². The van der Waals surface area contributed by atoms with Crippen molar-refractivity contribution in [1.29, 1.82) is 0 Å². The molecule has 0 aliphatic carbocycles. The zero-order valence-electron chi connectivity index (χ0n) is 24.4. The van der Waals surface area contributed by atoms with Crippen LogP contribution in [0.1, 0.15) is 49.1 Å². The number of carbonyl (C=O) groups excluding carboxylic acids is 6. The van der Waals surface area contributed by atoms with E-state index in [1.807, 2.05) is 0 Å². The molecule has 1 atom stereocenters. The van der Waals surface area contributed by atoms with E-state index in [1.54, 1.807) is 0 Å². The Morgan fingerprint density at radius 1 is 0.714 bits per heavy atom. The maximum atomic E-state index is 13.1. The summed E-state index contributed by atoms with van der Waals surface area (Å²) < 4.78 is 87.5. The molecule has 11 nitrogen and oxygen atoms in total. The summed E-state index contributed by atoms with van der Waals surface area (Å²) in [7, 11) is 0. The van der Waals surface area contributed by atoms with E-state index in [-0.39, 0.29) is 26.7 Å². The third-order valence-corrected chi connectivity index (χ3v) is 7.36. The number of ether oxygens (including phenoxy) is 2. The highest BCUT2D eigenvalue weighted by atomic mass is 35.5. The van der Waals surface area contributed by atoms with Gasteiger partial charge in [0.25, 0.3) is 23.6 Å². The molecular formula is C30H19Cl2F6N3O8. The number of alkyl halides is 6. The second-order valence-electron chi connectivity index (χ2n) is 10.1. The lowest BCUT2D eigenvalue weighted by atomic mass is 10.1. The second-order valence-corrected chi connectivity index (χ2v) is 10.9. The first kappa shape index (κ1) is 36.7. The van der Waals surface area contributed by atoms with Crippen LogP contribution < -0.4 is 10.6 Å². The van der Waals surface area contributed by atoms with Crippen molar-refractivity contribution < 1.29 is 64.6 Å². The van der Waals surface area contributed by atoms with Crippen molar-refractivity contribution in [1.82, 2.24) is 4.90 Å². The number of amides is 4. The number of anilines is 2. The molecule has 0 unspecified atom stereocenters. The lowest BCUT2D eigenvalue weighted by Crippen LogP contribution is -2.44. The van der Waals surface area contributed by atoms with Gasteiger partial charge < -0.3 is 20.1 Å². The molecule has 0 fully saturated rings. The average molecular weight is 734 g/mol. The fourth-order valence-corrected chi connectivity index (χ4v) is 4.61. The molecule has 0 aromatic heterocycles. The zero-order valence-corrected chi connectivity index (χ0v) is 25.9. The maximum Gasteiger partial charge on any atom is 0.416 e. The smallest absolute Gasteiger partial charge is 0.416 e. The minimum Gasteiger partial charge on any atom is -0.454 e. The molecule has 0 saturated carbocycles. The molecule has 258 valence electrons. The van der Waals surface area contributed by atoms with Crippen LogP contribution in [0, 0.1) is 0 Å². The highest BCUT2D eigenvalue weighted by Crippen LogP contribution is 2.35. The molecule has 1 aliphatic heterocycles. The third kappa shape index (κ3) is 8.47. The lowest BCUT2D eigenvalue weighted by Gasteiger charge is -2.20. The Labute approximate surface area is 281 Å². The number of benzene rings is 3. The van der Waals surface area contributed by atoms with Crippen molar-refractivity contribution in [2.75, 3.05) is 23.8 Å². The lowest BCUT2D eigenvalue weighted by molar-refractivity contribution is -0.150. The van der Waals surface area contributed by atoms with Crippen molar-refractivity contribution in [2.24, 2.45) is 0 Å². The number of hydrogen-bond donors (Lipinski definition) is 2. The maximum absolute atomic E-state index is 13.1. The van der Waals surface area contributed by atoms with Gasteiger partial charge in [0.2, 0.25) is 0 Å². The second kappa shape index (κ2) is 14.1. The molecule has 3 aromatic carbocycles. The Balaban J connectivity index is 1.35. The van der Waals surface area contributed by atoms with Crippen molar-refractivity contribution in [2.45, 2.75) is 25.3 Å². The van der Waals surface area contributed by atoms with Crippen LogP contribution in [-0.2, 0) is 36.2 Å². The highest BCUT2D eigenvalue weighted by Gasteiger charge is 2.42. The third-order valence-electron chi connectivity index (χ3n) is 6.70. The summed E-state index contributed by atoms with van der Waals surface area (Å²) in [4.78, 5) is 76.1. The minimum absolute atomic E-state index is 0.222. The first-order valence-electron chi connectivity index (χ1n) is 13.5. The molecule has 3 aromatic rings. The Hall–Kier alpha value is -5.16. The summed E-state index contributed by atoms with van der Waals surface area (Å²) >= 11 is 11.7. The van der Waals surface area contributed by atoms with Gasteiger partial charge >= 0.3 is 24.3 Å². The number of nitrogens with zero attached hydrogens (tertiary/aromatic N) is 1. The van der Waals surface area contributed by atoms with Crippen LogP contribution in [0.3, 0.4) is 0 Å². The van der Waals surface area contributed by atoms with Crippen molar-refractivity contribution in [3.05, 3.63) is 92.5 Å². The van der Waals surface area contributed by atoms with Crippen molar-refractivity contribution >= 4 is 70.1 Å². The molecule has 19 heteroatoms. The van der Waals surface area contributed by atoms with Gasteiger partial charge in [-0.3, -0.25) is 24.1 Å². The number of esters is 2. The molecule has 4 rings (SSSR count). The number of carbonyl (C=O) groups is 6. The van der Waals surface area contributed by atoms with Gasteiger partial charge in [0.15, 0.2) is 13.2 Å². The van der Waals surface area contributed by atoms with Gasteiger partial charge in [0.05, 0.1) is 49.2 Å². The van der Waals surface area contributed by atoms with Gasteiger partial charge in [0, 0.05) is 0 Å². The fourth-order valence-electron chi connectivity index (χ4n) is 4.28. The largest absolute Gasteiger partial charge is 0.454 e. The predicted octanol–water partition coefficient (Wildman–Crippen LogP) is 5.99. The molecular weight excluding hydrogens is 715 g/mol. The quantitative estimate of drug-likeness (QED) is 0.155. The number of hydrogen-bond acceptors (Lipinski definition) is 8. The number of nitrogens with one attached hydrogen (secondary N) is 2. The van der Waals surface area contributed by atoms with E-state index in [0.717, 1.165) is 37.3 Å². The van der Waals surface area contributed by atoms with Crippen LogP contribution in [-0.4, -0.2) is 59.7 Å². The zero-order chi connectivity index (χ0) is 36.4. The standard InChI is InChI=1S/C30H19Cl2F6N3O8/c1-13(27(46)48-11-23(42)39-21-9-15(29(33,34)35)3-6-19(21)31)41-25(44)17-5-2-14(8-18(17)26(41)45)28(47)49-12-24(43)40-22-10-16(30(36,37)38)4-7-20(22)32/h2-10,13H,11-12H2,1H3,(H,39,42)(H,40,43)/t13-/m0/s1. The van der Waals surface area contributed by atoms with Gasteiger partial charge in [-0.25, -0.2) is 9.59 Å². The van der Waals surface area contributed by atoms with E-state index < -0.39 is 89.7 Å². The summed E-state index contributed by atoms with van der Waals surface area (Å²) in [5.41, 5.74) is -3.89. The van der Waals surface area contributed by atoms with Crippen LogP contribution in [0.15, 0.2) is 54.6 Å². The van der Waals surface area contributed by atoms with Gasteiger partial charge in [0.1, 0.15) is 6.04 Å². The molecule has 1 heterocycles. The van der Waals surface area contributed by atoms with Gasteiger partial charge in [-0.15, -0.1) is 0 Å². The molecule has 4 amide bonds. The highest BCUT2D eigenvalue weighted by molar-refractivity contribution is 6.34. The predicted molar refractivity (Wildman–Crippen MR) is 158 cm³/mol. The number of rotatable bonds is 9. The first-order valence-corrected chi connectivity index (χ1v) is 14.2. The molecule has 0 radical (unpaired) electrons. The topological polar surface area (TPSA) is 148 Å². The Bertz CT molecular complexity index is 1880. The molecule has 1 aliphatic rings. The summed E-state index contributed by atoms with van der Waals surface area (Å²) in [5, 5.41) is 3.69. The van der Waals surface area contributed by atoms with Gasteiger partial charge in [-0.1, -0.05) is 23.2 Å². The number of halogens is 8. The summed E-state index contributed by atoms with van der Waals surface area (Å²) in [5.74, 6) is -6.55. The van der Waals surface area contributed by atoms with Gasteiger partial charge in [-0.05, 0) is 61.5 Å². The summed E-state index contributed by atoms with van der Waals surface area (Å²) in [6.45, 7) is -0.906. The Morgan fingerprint density at radius 3 is 1.67 bits per heavy atom. The van der Waals surface area contributed by atoms with E-state index in [4.69, 9.17) is 32.7 Å². The number of fused-ring (bicyclic) bond motifs is 1. The molecule has 0 spiro atoms. The van der Waals surface area contributed by atoms with E-state index in [1.165, 1.54) is 0 Å². The Morgan fingerprint density at radius 2 is 1.18 bits per heavy atom. The fraction of sp³-hybridized carbons (Fsp3) is 0.200. The van der Waals surface area contributed by atoms with E-state index in [9.17, 15) is 55.1 Å². The van der Waals surface area contributed by atoms with Crippen molar-refractivity contribution in [3.63, 3.8) is 0 Å². The van der Waals surface area contributed by atoms with E-state index in [0.29, 0.717) is 29.2 Å². The van der Waals surface area contributed by atoms with Crippen molar-refractivity contribution in [3.8, 4) is 0 Å². The van der Waals surface area contributed by atoms with Crippen LogP contribution in [0.2, 0.25) is 10.0 Å². The SMILES string of the molecule is C[C@@H](C(=O)OCC(=O)Nc1cc(C(F)(F)F)ccc1Cl)N1C(=O)c2ccc(C(=O)OCC(=O)Nc3cc(C(F)(F)F)ccc3Cl)cc2C1=O. The van der Waals surface area contributed by atoms with Crippen LogP contribution in [0.25, 0.3) is 0 Å². The monoisotopic (exact) mass is 733 g/mol. The van der Waals surface area contributed by atoms with E-state index >= 15 is 0 Å². The average Bonchev–Trinajstić information content (AvgIpc) is 3.27. The van der Waals surface area contributed by atoms with E-state index in [2.05, 4.69) is 10.6 Å². The summed E-state index contributed by atoms with van der Waals surface area (Å²) in [6, 6.07) is 5.84. The first-order chi connectivity index (χ1) is 22.8. The molecule has 0 bridgehead atoms. The molecule has 2 N–H and O–H groups in total. The minimum atomic E-state index is -4.73. The van der Waals surface area contributed by atoms with Crippen LogP contribution in [0.5, 0.6) is 0 Å². The summed E-state index contributed by atoms with van der Waals surface area (Å²) in [6.07, 6.45) is -9.45. The van der Waals surface area contributed by atoms with Crippen LogP contribution >= 0.6 is 23.2 Å². The number of imide groups is 1.